The predicted molar refractivity (Wildman–Crippen MR) is 264 cm³/mol. The van der Waals surface area contributed by atoms with Crippen molar-refractivity contribution in [1.29, 1.82) is 0 Å². The second-order valence-electron chi connectivity index (χ2n) is 19.3. The van der Waals surface area contributed by atoms with Gasteiger partial charge in [-0.15, -0.1) is 0 Å². The Kier molecular flexibility index (Phi) is 24.9. The first-order chi connectivity index (χ1) is 34.0. The minimum absolute atomic E-state index is 0.00693. The Morgan fingerprint density at radius 2 is 1.46 bits per heavy atom. The molecule has 2 saturated heterocycles. The van der Waals surface area contributed by atoms with Crippen molar-refractivity contribution in [1.82, 2.24) is 30.8 Å². The molecule has 2 aliphatic rings. The van der Waals surface area contributed by atoms with Gasteiger partial charge in [-0.1, -0.05) is 97.4 Å². The first-order valence-corrected chi connectivity index (χ1v) is 24.9. The summed E-state index contributed by atoms with van der Waals surface area (Å²) in [4.78, 5) is 88.3. The number of carboxylic acids is 1. The lowest BCUT2D eigenvalue weighted by Gasteiger charge is -2.41. The van der Waals surface area contributed by atoms with Crippen LogP contribution in [0, 0.1) is 23.7 Å². The molecule has 0 unspecified atom stereocenters. The Morgan fingerprint density at radius 3 is 1.97 bits per heavy atom. The van der Waals surface area contributed by atoms with Gasteiger partial charge in [0.25, 0.3) is 5.91 Å². The maximum atomic E-state index is 14.4. The quantitative estimate of drug-likeness (QED) is 0.0988. The number of hydrogen-bond acceptors (Lipinski definition) is 11. The van der Waals surface area contributed by atoms with Crippen molar-refractivity contribution in [3.05, 3.63) is 65.7 Å². The third-order valence-corrected chi connectivity index (χ3v) is 13.5. The summed E-state index contributed by atoms with van der Waals surface area (Å²) in [6.45, 7) is 15.3. The number of likely N-dealkylation sites (N-methyl/N-ethyl adjacent to an activating group) is 2. The van der Waals surface area contributed by atoms with Crippen LogP contribution in [0.4, 0.5) is 13.2 Å². The molecule has 0 saturated carbocycles. The van der Waals surface area contributed by atoms with E-state index in [9.17, 15) is 37.1 Å². The SMILES string of the molecule is CC[C@H](C)[C@@H]([C@@H](CC(=O)N1CCC[C@H]1[C@H](OC)[C@@H](C)C(=O)N[C@@H](Cc1ccc(OCc2ccccc2)cc1)C(=O)N1CCCCO1)OC)N(C)C(=O)[C@@H](NC(=O)[C@@H](NC)C(C)C)C(C)C.O=C(O)C(F)(F)F. The Hall–Kier alpha value is -5.31. The van der Waals surface area contributed by atoms with Crippen molar-refractivity contribution < 1.29 is 66.1 Å². The molecule has 0 aliphatic carbocycles. The lowest BCUT2D eigenvalue weighted by Crippen LogP contribution is -2.59. The van der Waals surface area contributed by atoms with E-state index in [-0.39, 0.29) is 60.1 Å². The highest BCUT2D eigenvalue weighted by Crippen LogP contribution is 2.30. The van der Waals surface area contributed by atoms with Gasteiger partial charge in [-0.25, -0.2) is 9.86 Å². The van der Waals surface area contributed by atoms with E-state index in [1.165, 1.54) is 5.06 Å². The smallest absolute Gasteiger partial charge is 0.489 e. The Morgan fingerprint density at radius 1 is 0.833 bits per heavy atom. The highest BCUT2D eigenvalue weighted by molar-refractivity contribution is 5.90. The largest absolute Gasteiger partial charge is 0.490 e. The molecule has 5 amide bonds. The number of ether oxygens (including phenoxy) is 3. The summed E-state index contributed by atoms with van der Waals surface area (Å²) in [5.41, 5.74) is 1.89. The zero-order valence-electron chi connectivity index (χ0n) is 43.8. The molecule has 2 aliphatic heterocycles. The molecule has 2 heterocycles. The van der Waals surface area contributed by atoms with Gasteiger partial charge < -0.3 is 45.1 Å². The molecule has 0 radical (unpaired) electrons. The molecule has 4 N–H and O–H groups in total. The van der Waals surface area contributed by atoms with Gasteiger partial charge in [0, 0.05) is 40.8 Å². The number of halogens is 3. The Balaban J connectivity index is 0.00000181. The van der Waals surface area contributed by atoms with Crippen LogP contribution in [-0.2, 0) is 56.1 Å². The molecule has 0 bridgehead atoms. The van der Waals surface area contributed by atoms with Crippen molar-refractivity contribution in [3.8, 4) is 5.75 Å². The Bertz CT molecular complexity index is 2020. The summed E-state index contributed by atoms with van der Waals surface area (Å²) < 4.78 is 49.8. The first kappa shape index (κ1) is 61.0. The van der Waals surface area contributed by atoms with E-state index < -0.39 is 60.5 Å². The number of aliphatic carboxylic acids is 1. The first-order valence-electron chi connectivity index (χ1n) is 24.9. The van der Waals surface area contributed by atoms with E-state index in [0.717, 1.165) is 30.4 Å². The molecule has 0 spiro atoms. The lowest BCUT2D eigenvalue weighted by atomic mass is 9.89. The zero-order chi connectivity index (χ0) is 53.9. The fourth-order valence-electron chi connectivity index (χ4n) is 9.20. The van der Waals surface area contributed by atoms with E-state index >= 15 is 0 Å². The van der Waals surface area contributed by atoms with Gasteiger partial charge in [0.2, 0.25) is 23.6 Å². The fraction of sp³-hybridized carbons (Fsp3) is 0.654. The second kappa shape index (κ2) is 29.4. The fourth-order valence-corrected chi connectivity index (χ4v) is 9.20. The number of nitrogens with one attached hydrogen (secondary N) is 3. The number of nitrogens with zero attached hydrogens (tertiary/aromatic N) is 3. The molecule has 2 aromatic rings. The van der Waals surface area contributed by atoms with Crippen LogP contribution in [0.2, 0.25) is 0 Å². The van der Waals surface area contributed by atoms with Crippen LogP contribution in [0.5, 0.6) is 5.75 Å². The molecule has 0 aromatic heterocycles. The number of carboxylic acid groups (broad SMARTS) is 1. The number of carbonyl (C=O) groups is 6. The normalized spacial score (nSPS) is 18.4. The van der Waals surface area contributed by atoms with Gasteiger partial charge in [-0.05, 0) is 73.7 Å². The van der Waals surface area contributed by atoms with E-state index in [1.54, 1.807) is 45.0 Å². The monoisotopic (exact) mass is 1020 g/mol. The van der Waals surface area contributed by atoms with E-state index in [4.69, 9.17) is 28.9 Å². The number of amides is 5. The van der Waals surface area contributed by atoms with Crippen molar-refractivity contribution >= 4 is 35.5 Å². The molecule has 2 aromatic carbocycles. The van der Waals surface area contributed by atoms with Crippen LogP contribution in [0.1, 0.15) is 98.1 Å². The van der Waals surface area contributed by atoms with Gasteiger partial charge in [0.05, 0.1) is 49.3 Å². The third-order valence-electron chi connectivity index (χ3n) is 13.5. The minimum Gasteiger partial charge on any atom is -0.489 e. The van der Waals surface area contributed by atoms with Crippen LogP contribution in [0.25, 0.3) is 0 Å². The third kappa shape index (κ3) is 17.7. The van der Waals surface area contributed by atoms with Crippen LogP contribution in [0.3, 0.4) is 0 Å². The maximum Gasteiger partial charge on any atom is 0.490 e. The van der Waals surface area contributed by atoms with Crippen LogP contribution < -0.4 is 20.7 Å². The number of likely N-dealkylation sites (tertiary alicyclic amines) is 1. The van der Waals surface area contributed by atoms with Crippen molar-refractivity contribution in [2.24, 2.45) is 23.7 Å². The van der Waals surface area contributed by atoms with Crippen LogP contribution in [0.15, 0.2) is 54.6 Å². The summed E-state index contributed by atoms with van der Waals surface area (Å²) in [6.07, 6.45) is -2.50. The average Bonchev–Trinajstić information content (AvgIpc) is 3.84. The predicted octanol–water partition coefficient (Wildman–Crippen LogP) is 5.79. The summed E-state index contributed by atoms with van der Waals surface area (Å²) in [6, 6.07) is 14.3. The summed E-state index contributed by atoms with van der Waals surface area (Å²) in [5.74, 6) is -4.40. The maximum absolute atomic E-state index is 14.4. The molecule has 20 heteroatoms. The average molecular weight is 1020 g/mol. The Labute approximate surface area is 423 Å². The number of benzene rings is 2. The van der Waals surface area contributed by atoms with E-state index in [1.807, 2.05) is 96.1 Å². The van der Waals surface area contributed by atoms with E-state index in [2.05, 4.69) is 16.0 Å². The molecule has 4 rings (SSSR count). The zero-order valence-corrected chi connectivity index (χ0v) is 43.8. The molecule has 17 nitrogen and oxygen atoms in total. The topological polar surface area (TPSA) is 205 Å². The molecular formula is C52H79F3N6O11. The molecule has 2 fully saturated rings. The molecule has 404 valence electrons. The van der Waals surface area contributed by atoms with Gasteiger partial charge >= 0.3 is 12.1 Å². The molecular weight excluding hydrogens is 942 g/mol. The van der Waals surface area contributed by atoms with Gasteiger partial charge in [0.15, 0.2) is 0 Å². The number of methoxy groups -OCH3 is 2. The van der Waals surface area contributed by atoms with Gasteiger partial charge in [-0.3, -0.25) is 28.8 Å². The van der Waals surface area contributed by atoms with E-state index in [0.29, 0.717) is 44.9 Å². The van der Waals surface area contributed by atoms with Gasteiger partial charge in [0.1, 0.15) is 24.4 Å². The molecule has 72 heavy (non-hydrogen) atoms. The standard InChI is InChI=1S/C50H78N6O9.C2HF3O2/c1-12-34(6)45(54(9)50(61)44(33(4)5)53-48(59)43(51-8)32(2)3)41(62-10)30-42(57)55-26-18-21-40(55)46(63-11)35(7)47(58)52-39(49(60)56-27-16-17-28-65-56)29-36-22-24-38(25-23-36)64-31-37-19-14-13-15-20-37;3-2(4,5)1(6)7/h13-15,19-20,22-25,32-35,39-41,43-46,51H,12,16-18,21,26-31H2,1-11H3,(H,52,58)(H,53,59);(H,6,7)/t34-,35+,39-,40-,41+,43-,44-,45-,46+;/m0./s1. The highest BCUT2D eigenvalue weighted by atomic mass is 19.4. The summed E-state index contributed by atoms with van der Waals surface area (Å²) in [7, 11) is 6.55. The van der Waals surface area contributed by atoms with Crippen LogP contribution >= 0.6 is 0 Å². The van der Waals surface area contributed by atoms with Crippen molar-refractivity contribution in [2.45, 2.75) is 149 Å². The number of carbonyl (C=O) groups excluding carboxylic acids is 5. The number of hydroxylamine groups is 2. The number of alkyl halides is 3. The highest BCUT2D eigenvalue weighted by Gasteiger charge is 2.44. The van der Waals surface area contributed by atoms with Crippen molar-refractivity contribution in [2.75, 3.05) is 48.0 Å². The van der Waals surface area contributed by atoms with Crippen LogP contribution in [-0.4, -0.2) is 152 Å². The number of rotatable bonds is 24. The summed E-state index contributed by atoms with van der Waals surface area (Å²) >= 11 is 0. The molecule has 9 atom stereocenters. The number of hydrogen-bond donors (Lipinski definition) is 4. The second-order valence-corrected chi connectivity index (χ2v) is 19.3. The summed E-state index contributed by atoms with van der Waals surface area (Å²) in [5, 5.41) is 17.6. The lowest BCUT2D eigenvalue weighted by molar-refractivity contribution is -0.199. The van der Waals surface area contributed by atoms with Crippen molar-refractivity contribution in [3.63, 3.8) is 0 Å². The van der Waals surface area contributed by atoms with Gasteiger partial charge in [-0.2, -0.15) is 13.2 Å². The minimum atomic E-state index is -5.08.